The molecule has 0 aliphatic carbocycles. The van der Waals surface area contributed by atoms with E-state index in [9.17, 15) is 39.5 Å². The molecule has 0 spiro atoms. The van der Waals surface area contributed by atoms with E-state index in [2.05, 4.69) is 0 Å². The van der Waals surface area contributed by atoms with Crippen LogP contribution in [-0.2, 0) is 0 Å². The summed E-state index contributed by atoms with van der Waals surface area (Å²) in [7, 11) is 0. The Balaban J connectivity index is 5.68. The van der Waals surface area contributed by atoms with Crippen LogP contribution in [-0.4, -0.2) is 36.0 Å². The van der Waals surface area contributed by atoms with E-state index < -0.39 is 49.9 Å². The van der Waals surface area contributed by atoms with Crippen LogP contribution in [0.1, 0.15) is 27.2 Å². The van der Waals surface area contributed by atoms with Crippen LogP contribution in [0.2, 0.25) is 0 Å². The third kappa shape index (κ3) is 2.84. The Morgan fingerprint density at radius 1 is 0.750 bits per heavy atom. The molecule has 0 bridgehead atoms. The van der Waals surface area contributed by atoms with Crippen molar-refractivity contribution in [2.45, 2.75) is 56.7 Å². The van der Waals surface area contributed by atoms with E-state index in [4.69, 9.17) is 0 Å². The minimum atomic E-state index is -6.22. The summed E-state index contributed by atoms with van der Waals surface area (Å²) in [6, 6.07) is -5.05. The highest BCUT2D eigenvalue weighted by atomic mass is 19.4. The lowest BCUT2D eigenvalue weighted by atomic mass is 9.84. The summed E-state index contributed by atoms with van der Waals surface area (Å²) in [5.74, 6) is -6.01. The highest BCUT2D eigenvalue weighted by molar-refractivity contribution is 5.11. The van der Waals surface area contributed by atoms with Gasteiger partial charge < -0.3 is 0 Å². The molecule has 122 valence electrons. The van der Waals surface area contributed by atoms with Crippen molar-refractivity contribution in [3.05, 3.63) is 0 Å². The molecule has 2 unspecified atom stereocenters. The first kappa shape index (κ1) is 19.3. The van der Waals surface area contributed by atoms with E-state index >= 15 is 0 Å². The number of nitrogens with one attached hydrogen (secondary N) is 1. The molecule has 10 heteroatoms. The maximum atomic E-state index is 13.7. The minimum absolute atomic E-state index is 0.0244. The Morgan fingerprint density at radius 2 is 1.15 bits per heavy atom. The summed E-state index contributed by atoms with van der Waals surface area (Å²) in [5.41, 5.74) is -10.5. The number of alkyl halides is 9. The zero-order valence-corrected chi connectivity index (χ0v) is 10.8. The molecule has 0 saturated heterocycles. The molecule has 20 heavy (non-hydrogen) atoms. The molecule has 0 aromatic rings. The van der Waals surface area contributed by atoms with Crippen molar-refractivity contribution >= 4 is 0 Å². The fraction of sp³-hybridized carbons (Fsp3) is 1.00. The minimum Gasteiger partial charge on any atom is -0.255 e. The maximum Gasteiger partial charge on any atom is 0.428 e. The van der Waals surface area contributed by atoms with Gasteiger partial charge in [0, 0.05) is 6.54 Å². The molecule has 0 aromatic carbocycles. The van der Waals surface area contributed by atoms with Gasteiger partial charge in [-0.05, 0) is 20.3 Å². The van der Waals surface area contributed by atoms with Crippen molar-refractivity contribution in [2.24, 2.45) is 0 Å². The molecule has 0 heterocycles. The van der Waals surface area contributed by atoms with Gasteiger partial charge in [0.25, 0.3) is 11.3 Å². The maximum absolute atomic E-state index is 13.7. The van der Waals surface area contributed by atoms with Crippen LogP contribution in [0, 0.1) is 0 Å². The number of hydrogen-bond acceptors (Lipinski definition) is 1. The van der Waals surface area contributed by atoms with Crippen molar-refractivity contribution in [2.75, 3.05) is 6.54 Å². The molecule has 1 nitrogen and oxygen atoms in total. The first-order valence-electron chi connectivity index (χ1n) is 5.51. The molecule has 0 aromatic heterocycles. The average Bonchev–Trinajstić information content (AvgIpc) is 2.24. The normalized spacial score (nSPS) is 20.4. The van der Waals surface area contributed by atoms with Crippen LogP contribution in [0.15, 0.2) is 0 Å². The Kier molecular flexibility index (Phi) is 5.09. The van der Waals surface area contributed by atoms with E-state index in [-0.39, 0.29) is 6.42 Å². The fourth-order valence-electron chi connectivity index (χ4n) is 1.26. The van der Waals surface area contributed by atoms with Gasteiger partial charge in [0.2, 0.25) is 0 Å². The number of halogens is 9. The Bertz CT molecular complexity index is 332. The molecule has 2 atom stereocenters. The molecule has 0 saturated carbocycles. The van der Waals surface area contributed by atoms with Gasteiger partial charge in [0.1, 0.15) is 0 Å². The predicted molar refractivity (Wildman–Crippen MR) is 53.3 cm³/mol. The molecule has 1 N–H and O–H groups in total. The zero-order chi connectivity index (χ0) is 16.6. The molecular formula is C10H14F9N. The number of hydrogen-bond donors (Lipinski definition) is 1. The summed E-state index contributed by atoms with van der Waals surface area (Å²) in [6.07, 6.45) is -6.24. The monoisotopic (exact) mass is 319 g/mol. The van der Waals surface area contributed by atoms with Gasteiger partial charge >= 0.3 is 18.1 Å². The van der Waals surface area contributed by atoms with Crippen molar-refractivity contribution in [3.63, 3.8) is 0 Å². The van der Waals surface area contributed by atoms with E-state index in [1.165, 1.54) is 6.92 Å². The SMILES string of the molecule is CCCNC(F)(F)C(C)(F)C(F)(F)C(C)(F)C(F)(F)F. The third-order valence-electron chi connectivity index (χ3n) is 2.90. The molecule has 0 rings (SSSR count). The highest BCUT2D eigenvalue weighted by Crippen LogP contribution is 2.54. The predicted octanol–water partition coefficient (Wildman–Crippen LogP) is 4.23. The summed E-state index contributed by atoms with van der Waals surface area (Å²) in [5, 5.41) is 1.06. The Hall–Kier alpha value is -0.670. The summed E-state index contributed by atoms with van der Waals surface area (Å²) in [4.78, 5) is 0. The van der Waals surface area contributed by atoms with Gasteiger partial charge in [-0.15, -0.1) is 0 Å². The molecule has 0 aliphatic rings. The lowest BCUT2D eigenvalue weighted by Gasteiger charge is -2.42. The van der Waals surface area contributed by atoms with Crippen molar-refractivity contribution in [3.8, 4) is 0 Å². The van der Waals surface area contributed by atoms with Crippen LogP contribution < -0.4 is 5.32 Å². The first-order chi connectivity index (χ1) is 8.56. The second kappa shape index (κ2) is 5.27. The van der Waals surface area contributed by atoms with Crippen molar-refractivity contribution < 1.29 is 39.5 Å². The van der Waals surface area contributed by atoms with E-state index in [1.807, 2.05) is 0 Å². The first-order valence-corrected chi connectivity index (χ1v) is 5.51. The van der Waals surface area contributed by atoms with E-state index in [1.54, 1.807) is 0 Å². The Morgan fingerprint density at radius 3 is 1.45 bits per heavy atom. The summed E-state index contributed by atoms with van der Waals surface area (Å²) in [6.45, 7) is -0.455. The molecule has 0 aliphatic heterocycles. The lowest BCUT2D eigenvalue weighted by molar-refractivity contribution is -0.353. The van der Waals surface area contributed by atoms with Crippen LogP contribution >= 0.6 is 0 Å². The van der Waals surface area contributed by atoms with Gasteiger partial charge in [-0.3, -0.25) is 5.32 Å². The fourth-order valence-corrected chi connectivity index (χ4v) is 1.26. The quantitative estimate of drug-likeness (QED) is 0.570. The standard InChI is InChI=1S/C10H14F9N/c1-4-5-20-10(18,19)7(3,12)8(13,14)6(2,11)9(15,16)17/h20H,4-5H2,1-3H3. The third-order valence-corrected chi connectivity index (χ3v) is 2.90. The summed E-state index contributed by atoms with van der Waals surface area (Å²) < 4.78 is 117. The van der Waals surface area contributed by atoms with Gasteiger partial charge in [-0.1, -0.05) is 6.92 Å². The van der Waals surface area contributed by atoms with E-state index in [0.29, 0.717) is 0 Å². The topological polar surface area (TPSA) is 12.0 Å². The molecule has 0 radical (unpaired) electrons. The van der Waals surface area contributed by atoms with Crippen LogP contribution in [0.3, 0.4) is 0 Å². The molecule has 0 fully saturated rings. The zero-order valence-electron chi connectivity index (χ0n) is 10.8. The Labute approximate surface area is 109 Å². The second-order valence-corrected chi connectivity index (χ2v) is 4.58. The van der Waals surface area contributed by atoms with Gasteiger partial charge in [-0.2, -0.15) is 30.7 Å². The van der Waals surface area contributed by atoms with Gasteiger partial charge in [-0.25, -0.2) is 8.78 Å². The van der Waals surface area contributed by atoms with Crippen LogP contribution in [0.4, 0.5) is 39.5 Å². The smallest absolute Gasteiger partial charge is 0.255 e. The van der Waals surface area contributed by atoms with Gasteiger partial charge in [0.15, 0.2) is 0 Å². The molecule has 0 amide bonds. The van der Waals surface area contributed by atoms with Gasteiger partial charge in [0.05, 0.1) is 0 Å². The lowest BCUT2D eigenvalue weighted by Crippen LogP contribution is -2.70. The van der Waals surface area contributed by atoms with Crippen LogP contribution in [0.25, 0.3) is 0 Å². The van der Waals surface area contributed by atoms with Crippen LogP contribution in [0.5, 0.6) is 0 Å². The van der Waals surface area contributed by atoms with Crippen molar-refractivity contribution in [1.82, 2.24) is 5.32 Å². The largest absolute Gasteiger partial charge is 0.428 e. The second-order valence-electron chi connectivity index (χ2n) is 4.58. The summed E-state index contributed by atoms with van der Waals surface area (Å²) >= 11 is 0. The highest BCUT2D eigenvalue weighted by Gasteiger charge is 2.80. The van der Waals surface area contributed by atoms with E-state index in [0.717, 1.165) is 5.32 Å². The van der Waals surface area contributed by atoms with Crippen molar-refractivity contribution in [1.29, 1.82) is 0 Å². The average molecular weight is 319 g/mol. The number of rotatable bonds is 6. The molecular weight excluding hydrogens is 305 g/mol.